The Hall–Kier alpha value is -1.96. The van der Waals surface area contributed by atoms with Crippen LogP contribution in [0.2, 0.25) is 0 Å². The van der Waals surface area contributed by atoms with Gasteiger partial charge < -0.3 is 10.0 Å². The van der Waals surface area contributed by atoms with E-state index in [0.29, 0.717) is 0 Å². The van der Waals surface area contributed by atoms with Gasteiger partial charge in [-0.3, -0.25) is 19.7 Å². The number of carbonyl (C=O) groups excluding carboxylic acids is 1. The van der Waals surface area contributed by atoms with Gasteiger partial charge in [0.1, 0.15) is 6.54 Å². The van der Waals surface area contributed by atoms with Crippen molar-refractivity contribution < 1.29 is 19.6 Å². The zero-order chi connectivity index (χ0) is 15.4. The third kappa shape index (κ3) is 3.77. The third-order valence-corrected chi connectivity index (χ3v) is 3.24. The lowest BCUT2D eigenvalue weighted by Gasteiger charge is -2.25. The first-order valence-electron chi connectivity index (χ1n) is 5.70. The zero-order valence-electron chi connectivity index (χ0n) is 10.9. The van der Waals surface area contributed by atoms with Gasteiger partial charge in [-0.05, 0) is 35.8 Å². The number of amides is 1. The van der Waals surface area contributed by atoms with Crippen molar-refractivity contribution in [3.8, 4) is 0 Å². The number of hydrogen-bond acceptors (Lipinski definition) is 4. The number of non-ortho nitro benzene ring substituents is 1. The molecule has 0 fully saturated rings. The van der Waals surface area contributed by atoms with Gasteiger partial charge >= 0.3 is 5.97 Å². The minimum absolute atomic E-state index is 0.150. The monoisotopic (exact) mass is 344 g/mol. The summed E-state index contributed by atoms with van der Waals surface area (Å²) in [6.07, 6.45) is 0. The molecule has 1 rings (SSSR count). The molecule has 0 aliphatic heterocycles. The maximum atomic E-state index is 12.3. The number of aliphatic carboxylic acids is 1. The van der Waals surface area contributed by atoms with Gasteiger partial charge in [0.15, 0.2) is 0 Å². The SMILES string of the molecule is CC(C)N(CC(=O)O)C(=O)c1ccc([N+](=O)[O-])cc1Br. The van der Waals surface area contributed by atoms with Gasteiger partial charge in [0.2, 0.25) is 0 Å². The summed E-state index contributed by atoms with van der Waals surface area (Å²) in [5, 5.41) is 19.5. The van der Waals surface area contributed by atoms with Gasteiger partial charge in [0.25, 0.3) is 11.6 Å². The Morgan fingerprint density at radius 3 is 2.45 bits per heavy atom. The van der Waals surface area contributed by atoms with Crippen LogP contribution in [0.15, 0.2) is 22.7 Å². The summed E-state index contributed by atoms with van der Waals surface area (Å²) >= 11 is 3.10. The van der Waals surface area contributed by atoms with Crippen molar-refractivity contribution in [2.24, 2.45) is 0 Å². The van der Waals surface area contributed by atoms with Crippen LogP contribution in [-0.4, -0.2) is 39.4 Å². The maximum Gasteiger partial charge on any atom is 0.323 e. The molecule has 0 radical (unpaired) electrons. The van der Waals surface area contributed by atoms with Crippen molar-refractivity contribution in [2.75, 3.05) is 6.54 Å². The number of carbonyl (C=O) groups is 2. The average molecular weight is 345 g/mol. The van der Waals surface area contributed by atoms with Gasteiger partial charge in [-0.1, -0.05) is 0 Å². The normalized spacial score (nSPS) is 10.4. The van der Waals surface area contributed by atoms with Crippen LogP contribution >= 0.6 is 15.9 Å². The molecule has 0 aliphatic carbocycles. The number of carboxylic acids is 1. The van der Waals surface area contributed by atoms with Gasteiger partial charge in [0.05, 0.1) is 10.5 Å². The summed E-state index contributed by atoms with van der Waals surface area (Å²) in [6, 6.07) is 3.42. The third-order valence-electron chi connectivity index (χ3n) is 2.58. The van der Waals surface area contributed by atoms with Crippen LogP contribution in [-0.2, 0) is 4.79 Å². The van der Waals surface area contributed by atoms with Crippen molar-refractivity contribution >= 4 is 33.5 Å². The lowest BCUT2D eigenvalue weighted by molar-refractivity contribution is -0.384. The van der Waals surface area contributed by atoms with Crippen LogP contribution in [0.4, 0.5) is 5.69 Å². The van der Waals surface area contributed by atoms with Crippen molar-refractivity contribution in [1.82, 2.24) is 4.90 Å². The Morgan fingerprint density at radius 2 is 2.05 bits per heavy atom. The number of benzene rings is 1. The van der Waals surface area contributed by atoms with E-state index in [1.165, 1.54) is 23.1 Å². The first kappa shape index (κ1) is 16.1. The van der Waals surface area contributed by atoms with E-state index in [4.69, 9.17) is 5.11 Å². The van der Waals surface area contributed by atoms with Gasteiger partial charge in [-0.2, -0.15) is 0 Å². The Labute approximate surface area is 123 Å². The molecular weight excluding hydrogens is 332 g/mol. The summed E-state index contributed by atoms with van der Waals surface area (Å²) in [5.41, 5.74) is 0.0355. The highest BCUT2D eigenvalue weighted by Gasteiger charge is 2.24. The Morgan fingerprint density at radius 1 is 1.45 bits per heavy atom. The van der Waals surface area contributed by atoms with E-state index in [0.717, 1.165) is 0 Å². The molecule has 0 unspecified atom stereocenters. The molecule has 1 N–H and O–H groups in total. The summed E-state index contributed by atoms with van der Waals surface area (Å²) < 4.78 is 0.257. The molecule has 8 heteroatoms. The second-order valence-electron chi connectivity index (χ2n) is 4.34. The number of hydrogen-bond donors (Lipinski definition) is 1. The molecule has 0 atom stereocenters. The van der Waals surface area contributed by atoms with Crippen LogP contribution < -0.4 is 0 Å². The lowest BCUT2D eigenvalue weighted by Crippen LogP contribution is -2.40. The number of nitro benzene ring substituents is 1. The van der Waals surface area contributed by atoms with Crippen LogP contribution in [0.3, 0.4) is 0 Å². The molecule has 1 aromatic carbocycles. The van der Waals surface area contributed by atoms with E-state index in [1.807, 2.05) is 0 Å². The molecule has 20 heavy (non-hydrogen) atoms. The van der Waals surface area contributed by atoms with E-state index in [1.54, 1.807) is 13.8 Å². The first-order chi connectivity index (χ1) is 9.23. The standard InChI is InChI=1S/C12H13BrN2O5/c1-7(2)14(6-11(16)17)12(18)9-4-3-8(15(19)20)5-10(9)13/h3-5,7H,6H2,1-2H3,(H,16,17). The van der Waals surface area contributed by atoms with Crippen molar-refractivity contribution in [3.63, 3.8) is 0 Å². The molecule has 0 saturated heterocycles. The number of carboxylic acid groups (broad SMARTS) is 1. The molecule has 0 heterocycles. The molecule has 7 nitrogen and oxygen atoms in total. The van der Waals surface area contributed by atoms with Crippen molar-refractivity contribution in [3.05, 3.63) is 38.3 Å². The minimum atomic E-state index is -1.12. The number of rotatable bonds is 5. The Balaban J connectivity index is 3.12. The highest BCUT2D eigenvalue weighted by atomic mass is 79.9. The zero-order valence-corrected chi connectivity index (χ0v) is 12.5. The molecule has 0 bridgehead atoms. The predicted octanol–water partition coefficient (Wildman–Crippen LogP) is 2.29. The van der Waals surface area contributed by atoms with E-state index in [9.17, 15) is 19.7 Å². The lowest BCUT2D eigenvalue weighted by atomic mass is 10.1. The fourth-order valence-electron chi connectivity index (χ4n) is 1.58. The second-order valence-corrected chi connectivity index (χ2v) is 5.20. The fourth-order valence-corrected chi connectivity index (χ4v) is 2.12. The molecule has 0 aliphatic rings. The largest absolute Gasteiger partial charge is 0.480 e. The molecule has 0 saturated carbocycles. The van der Waals surface area contributed by atoms with Gasteiger partial charge in [0, 0.05) is 22.6 Å². The number of halogens is 1. The van der Waals surface area contributed by atoms with Gasteiger partial charge in [-0.15, -0.1) is 0 Å². The van der Waals surface area contributed by atoms with E-state index < -0.39 is 23.3 Å². The first-order valence-corrected chi connectivity index (χ1v) is 6.50. The average Bonchev–Trinajstić information content (AvgIpc) is 2.34. The molecular formula is C12H13BrN2O5. The number of nitrogens with zero attached hydrogens (tertiary/aromatic N) is 2. The van der Waals surface area contributed by atoms with Crippen molar-refractivity contribution in [2.45, 2.75) is 19.9 Å². The van der Waals surface area contributed by atoms with E-state index in [2.05, 4.69) is 15.9 Å². The number of nitro groups is 1. The van der Waals surface area contributed by atoms with Crippen LogP contribution in [0.1, 0.15) is 24.2 Å². The Kier molecular flexibility index (Phi) is 5.20. The van der Waals surface area contributed by atoms with E-state index in [-0.39, 0.29) is 21.8 Å². The smallest absolute Gasteiger partial charge is 0.323 e. The van der Waals surface area contributed by atoms with Gasteiger partial charge in [-0.25, -0.2) is 0 Å². The van der Waals surface area contributed by atoms with E-state index >= 15 is 0 Å². The topological polar surface area (TPSA) is 101 Å². The quantitative estimate of drug-likeness (QED) is 0.652. The van der Waals surface area contributed by atoms with Crippen LogP contribution in [0.25, 0.3) is 0 Å². The molecule has 1 amide bonds. The predicted molar refractivity (Wildman–Crippen MR) is 74.6 cm³/mol. The summed E-state index contributed by atoms with van der Waals surface area (Å²) in [5.74, 6) is -1.62. The molecule has 0 spiro atoms. The summed E-state index contributed by atoms with van der Waals surface area (Å²) in [4.78, 5) is 34.3. The summed E-state index contributed by atoms with van der Waals surface area (Å²) in [7, 11) is 0. The second kappa shape index (κ2) is 6.47. The summed E-state index contributed by atoms with van der Waals surface area (Å²) in [6.45, 7) is 2.96. The Bertz CT molecular complexity index is 559. The molecule has 1 aromatic rings. The fraction of sp³-hybridized carbons (Fsp3) is 0.333. The van der Waals surface area contributed by atoms with Crippen molar-refractivity contribution in [1.29, 1.82) is 0 Å². The maximum absolute atomic E-state index is 12.3. The minimum Gasteiger partial charge on any atom is -0.480 e. The van der Waals surface area contributed by atoms with Crippen LogP contribution in [0, 0.1) is 10.1 Å². The highest BCUT2D eigenvalue weighted by molar-refractivity contribution is 9.10. The molecule has 108 valence electrons. The van der Waals surface area contributed by atoms with Crippen LogP contribution in [0.5, 0.6) is 0 Å². The highest BCUT2D eigenvalue weighted by Crippen LogP contribution is 2.24. The molecule has 0 aromatic heterocycles.